The molecule has 70 valence electrons. The van der Waals surface area contributed by atoms with E-state index in [-0.39, 0.29) is 0 Å². The Morgan fingerprint density at radius 2 is 1.92 bits per heavy atom. The predicted octanol–water partition coefficient (Wildman–Crippen LogP) is 3.34. The Bertz CT molecular complexity index is 332. The van der Waals surface area contributed by atoms with Gasteiger partial charge in [-0.15, -0.1) is 0 Å². The average Bonchev–Trinajstić information content (AvgIpc) is 1.96. The van der Waals surface area contributed by atoms with Crippen molar-refractivity contribution in [2.24, 2.45) is 0 Å². The van der Waals surface area contributed by atoms with Crippen LogP contribution in [0.25, 0.3) is 0 Å². The van der Waals surface area contributed by atoms with Crippen LogP contribution in [0, 0.1) is 6.92 Å². The fraction of sp³-hybridized carbons (Fsp3) is 0.400. The summed E-state index contributed by atoms with van der Waals surface area (Å²) in [5.41, 5.74) is 2.49. The van der Waals surface area contributed by atoms with Gasteiger partial charge in [-0.05, 0) is 43.1 Å². The number of aryl methyl sites for hydroxylation is 1. The van der Waals surface area contributed by atoms with E-state index < -0.39 is 0 Å². The van der Waals surface area contributed by atoms with Crippen LogP contribution in [0.15, 0.2) is 12.1 Å². The first-order valence-electron chi connectivity index (χ1n) is 4.37. The summed E-state index contributed by atoms with van der Waals surface area (Å²) >= 11 is 11.9. The molecule has 0 aliphatic carbocycles. The standard InChI is InChI=1S/C10H11Cl2N/c1-6-4-8(11)9(12)5-7(6)10-2-3-13-10/h4-5,10,13H,2-3H2,1H3. The van der Waals surface area contributed by atoms with Gasteiger partial charge in [-0.25, -0.2) is 0 Å². The van der Waals surface area contributed by atoms with Crippen LogP contribution < -0.4 is 5.32 Å². The van der Waals surface area contributed by atoms with E-state index in [1.807, 2.05) is 12.1 Å². The topological polar surface area (TPSA) is 12.0 Å². The summed E-state index contributed by atoms with van der Waals surface area (Å²) in [6, 6.07) is 4.38. The normalized spacial score (nSPS) is 21.3. The number of hydrogen-bond donors (Lipinski definition) is 1. The molecule has 1 fully saturated rings. The zero-order chi connectivity index (χ0) is 9.42. The molecule has 1 aromatic carbocycles. The van der Waals surface area contributed by atoms with Gasteiger partial charge in [0, 0.05) is 6.04 Å². The Labute approximate surface area is 88.0 Å². The van der Waals surface area contributed by atoms with Gasteiger partial charge in [0.2, 0.25) is 0 Å². The summed E-state index contributed by atoms with van der Waals surface area (Å²) in [5, 5.41) is 4.64. The highest BCUT2D eigenvalue weighted by Crippen LogP contribution is 2.32. The molecule has 1 aliphatic heterocycles. The van der Waals surface area contributed by atoms with Crippen LogP contribution in [0.5, 0.6) is 0 Å². The third-order valence-electron chi connectivity index (χ3n) is 2.51. The van der Waals surface area contributed by atoms with Gasteiger partial charge in [-0.3, -0.25) is 0 Å². The minimum absolute atomic E-state index is 0.481. The first kappa shape index (κ1) is 9.32. The maximum absolute atomic E-state index is 5.95. The largest absolute Gasteiger partial charge is 0.310 e. The van der Waals surface area contributed by atoms with E-state index in [0.29, 0.717) is 16.1 Å². The summed E-state index contributed by atoms with van der Waals surface area (Å²) in [6.45, 7) is 3.17. The molecule has 2 rings (SSSR count). The molecule has 13 heavy (non-hydrogen) atoms. The van der Waals surface area contributed by atoms with Crippen LogP contribution >= 0.6 is 23.2 Å². The second-order valence-corrected chi connectivity index (χ2v) is 4.23. The first-order chi connectivity index (χ1) is 6.18. The molecule has 3 heteroatoms. The van der Waals surface area contributed by atoms with E-state index >= 15 is 0 Å². The maximum Gasteiger partial charge on any atom is 0.0595 e. The van der Waals surface area contributed by atoms with E-state index in [1.165, 1.54) is 17.5 Å². The van der Waals surface area contributed by atoms with Gasteiger partial charge in [0.05, 0.1) is 10.0 Å². The Hall–Kier alpha value is -0.240. The summed E-state index contributed by atoms with van der Waals surface area (Å²) < 4.78 is 0. The van der Waals surface area contributed by atoms with Gasteiger partial charge < -0.3 is 5.32 Å². The van der Waals surface area contributed by atoms with Gasteiger partial charge in [0.25, 0.3) is 0 Å². The minimum Gasteiger partial charge on any atom is -0.310 e. The van der Waals surface area contributed by atoms with Crippen LogP contribution in [0.2, 0.25) is 10.0 Å². The van der Waals surface area contributed by atoms with E-state index in [2.05, 4.69) is 12.2 Å². The van der Waals surface area contributed by atoms with Crippen LogP contribution in [-0.2, 0) is 0 Å². The van der Waals surface area contributed by atoms with E-state index in [0.717, 1.165) is 6.54 Å². The molecule has 0 saturated carbocycles. The molecule has 1 atom stereocenters. The smallest absolute Gasteiger partial charge is 0.0595 e. The van der Waals surface area contributed by atoms with Gasteiger partial charge >= 0.3 is 0 Å². The van der Waals surface area contributed by atoms with Gasteiger partial charge in [0.1, 0.15) is 0 Å². The Kier molecular flexibility index (Phi) is 2.50. The Balaban J connectivity index is 2.39. The van der Waals surface area contributed by atoms with Crippen LogP contribution in [-0.4, -0.2) is 6.54 Å². The summed E-state index contributed by atoms with van der Waals surface area (Å²) in [7, 11) is 0. The highest BCUT2D eigenvalue weighted by molar-refractivity contribution is 6.42. The molecule has 1 aliphatic rings. The summed E-state index contributed by atoms with van der Waals surface area (Å²) in [6.07, 6.45) is 1.19. The minimum atomic E-state index is 0.481. The van der Waals surface area contributed by atoms with Crippen LogP contribution in [0.1, 0.15) is 23.6 Å². The van der Waals surface area contributed by atoms with Crippen molar-refractivity contribution >= 4 is 23.2 Å². The maximum atomic E-state index is 5.95. The quantitative estimate of drug-likeness (QED) is 0.759. The molecule has 1 nitrogen and oxygen atoms in total. The monoisotopic (exact) mass is 215 g/mol. The number of rotatable bonds is 1. The second kappa shape index (κ2) is 3.49. The van der Waals surface area contributed by atoms with E-state index in [1.54, 1.807) is 0 Å². The average molecular weight is 216 g/mol. The third kappa shape index (κ3) is 1.69. The van der Waals surface area contributed by atoms with Crippen LogP contribution in [0.3, 0.4) is 0 Å². The zero-order valence-electron chi connectivity index (χ0n) is 7.40. The third-order valence-corrected chi connectivity index (χ3v) is 3.23. The molecule has 0 amide bonds. The summed E-state index contributed by atoms with van der Waals surface area (Å²) in [5.74, 6) is 0. The first-order valence-corrected chi connectivity index (χ1v) is 5.13. The van der Waals surface area contributed by atoms with Crippen molar-refractivity contribution in [3.8, 4) is 0 Å². The van der Waals surface area contributed by atoms with Gasteiger partial charge in [-0.2, -0.15) is 0 Å². The number of nitrogens with one attached hydrogen (secondary N) is 1. The van der Waals surface area contributed by atoms with E-state index in [4.69, 9.17) is 23.2 Å². The molecule has 0 spiro atoms. The number of benzene rings is 1. The molecule has 1 unspecified atom stereocenters. The SMILES string of the molecule is Cc1cc(Cl)c(Cl)cc1C1CCN1. The Morgan fingerprint density at radius 1 is 1.31 bits per heavy atom. The second-order valence-electron chi connectivity index (χ2n) is 3.42. The lowest BCUT2D eigenvalue weighted by Crippen LogP contribution is -2.35. The predicted molar refractivity (Wildman–Crippen MR) is 56.6 cm³/mol. The molecule has 0 bridgehead atoms. The highest BCUT2D eigenvalue weighted by Gasteiger charge is 2.20. The fourth-order valence-electron chi connectivity index (χ4n) is 1.59. The van der Waals surface area contributed by atoms with Gasteiger partial charge in [0.15, 0.2) is 0 Å². The van der Waals surface area contributed by atoms with Crippen molar-refractivity contribution < 1.29 is 0 Å². The lowest BCUT2D eigenvalue weighted by atomic mass is 9.94. The molecule has 1 aromatic rings. The highest BCUT2D eigenvalue weighted by atomic mass is 35.5. The van der Waals surface area contributed by atoms with E-state index in [9.17, 15) is 0 Å². The Morgan fingerprint density at radius 3 is 2.46 bits per heavy atom. The lowest BCUT2D eigenvalue weighted by molar-refractivity contribution is 0.382. The van der Waals surface area contributed by atoms with Crippen molar-refractivity contribution in [2.45, 2.75) is 19.4 Å². The fourth-order valence-corrected chi connectivity index (χ4v) is 1.98. The molecule has 0 radical (unpaired) electrons. The van der Waals surface area contributed by atoms with Crippen molar-refractivity contribution in [3.63, 3.8) is 0 Å². The number of halogens is 2. The lowest BCUT2D eigenvalue weighted by Gasteiger charge is -2.29. The van der Waals surface area contributed by atoms with Crippen molar-refractivity contribution in [2.75, 3.05) is 6.54 Å². The van der Waals surface area contributed by atoms with Crippen molar-refractivity contribution in [1.82, 2.24) is 5.32 Å². The van der Waals surface area contributed by atoms with Gasteiger partial charge in [-0.1, -0.05) is 23.2 Å². The zero-order valence-corrected chi connectivity index (χ0v) is 8.91. The van der Waals surface area contributed by atoms with Crippen molar-refractivity contribution in [3.05, 3.63) is 33.3 Å². The molecular weight excluding hydrogens is 205 g/mol. The molecule has 0 aromatic heterocycles. The number of hydrogen-bond acceptors (Lipinski definition) is 1. The summed E-state index contributed by atoms with van der Waals surface area (Å²) in [4.78, 5) is 0. The molecular formula is C10H11Cl2N. The van der Waals surface area contributed by atoms with Crippen molar-refractivity contribution in [1.29, 1.82) is 0 Å². The molecule has 1 N–H and O–H groups in total. The molecule has 1 heterocycles. The molecule has 1 saturated heterocycles. The van der Waals surface area contributed by atoms with Crippen LogP contribution in [0.4, 0.5) is 0 Å².